The van der Waals surface area contributed by atoms with Crippen LogP contribution < -0.4 is 0 Å². The van der Waals surface area contributed by atoms with E-state index in [1.807, 2.05) is 0 Å². The molecule has 2 atom stereocenters. The molecule has 2 saturated heterocycles. The predicted molar refractivity (Wildman–Crippen MR) is 60.4 cm³/mol. The minimum atomic E-state index is 0.368. The zero-order valence-electron chi connectivity index (χ0n) is 10.1. The summed E-state index contributed by atoms with van der Waals surface area (Å²) in [6, 6.07) is 0. The molecule has 0 amide bonds. The van der Waals surface area contributed by atoms with Crippen LogP contribution in [0.15, 0.2) is 0 Å². The number of piperidine rings is 2. The molecule has 2 aliphatic heterocycles. The molecule has 0 radical (unpaired) electrons. The molecule has 2 rings (SSSR count). The molecule has 2 nitrogen and oxygen atoms in total. The van der Waals surface area contributed by atoms with E-state index in [9.17, 15) is 0 Å². The van der Waals surface area contributed by atoms with Gasteiger partial charge in [-0.15, -0.1) is 0 Å². The Morgan fingerprint density at radius 2 is 1.43 bits per heavy atom. The second-order valence-corrected chi connectivity index (χ2v) is 6.26. The summed E-state index contributed by atoms with van der Waals surface area (Å²) in [5.41, 5.74) is 0.368. The lowest BCUT2D eigenvalue weighted by molar-refractivity contribution is -0.00215. The van der Waals surface area contributed by atoms with Gasteiger partial charge in [0.15, 0.2) is 0 Å². The van der Waals surface area contributed by atoms with E-state index in [-0.39, 0.29) is 0 Å². The van der Waals surface area contributed by atoms with E-state index in [0.717, 1.165) is 11.8 Å². The first-order valence-electron chi connectivity index (χ1n) is 5.89. The van der Waals surface area contributed by atoms with E-state index < -0.39 is 0 Å². The fraction of sp³-hybridized carbons (Fsp3) is 1.00. The molecule has 0 aromatic heterocycles. The maximum absolute atomic E-state index is 2.68. The highest BCUT2D eigenvalue weighted by molar-refractivity contribution is 4.90. The molecule has 0 N–H and O–H groups in total. The van der Waals surface area contributed by atoms with Crippen LogP contribution in [0.1, 0.15) is 27.2 Å². The Hall–Kier alpha value is -0.0800. The van der Waals surface area contributed by atoms with Gasteiger partial charge in [0.25, 0.3) is 0 Å². The zero-order valence-corrected chi connectivity index (χ0v) is 10.1. The van der Waals surface area contributed by atoms with E-state index in [4.69, 9.17) is 0 Å². The fourth-order valence-electron chi connectivity index (χ4n) is 3.09. The lowest BCUT2D eigenvalue weighted by atomic mass is 9.83. The van der Waals surface area contributed by atoms with Gasteiger partial charge >= 0.3 is 0 Å². The van der Waals surface area contributed by atoms with Gasteiger partial charge in [0.05, 0.1) is 0 Å². The summed E-state index contributed by atoms with van der Waals surface area (Å²) in [5.74, 6) is 1.85. The molecule has 0 aromatic rings. The summed E-state index contributed by atoms with van der Waals surface area (Å²) in [6.07, 6.45) is 1.47. The average molecular weight is 196 g/mol. The van der Waals surface area contributed by atoms with E-state index in [1.54, 1.807) is 0 Å². The number of likely N-dealkylation sites (tertiary alicyclic amines) is 2. The molecule has 82 valence electrons. The van der Waals surface area contributed by atoms with Crippen LogP contribution in [-0.4, -0.2) is 48.6 Å². The third kappa shape index (κ3) is 2.12. The Kier molecular flexibility index (Phi) is 2.61. The molecule has 0 unspecified atom stereocenters. The third-order valence-corrected chi connectivity index (χ3v) is 3.71. The molecule has 2 heterocycles. The molecule has 0 aromatic carbocycles. The van der Waals surface area contributed by atoms with Crippen LogP contribution in [0.25, 0.3) is 0 Å². The normalized spacial score (nSPS) is 36.0. The predicted octanol–water partition coefficient (Wildman–Crippen LogP) is 1.67. The van der Waals surface area contributed by atoms with Crippen molar-refractivity contribution in [3.8, 4) is 0 Å². The number of rotatable bonds is 0. The molecular weight excluding hydrogens is 172 g/mol. The van der Waals surface area contributed by atoms with Gasteiger partial charge in [-0.2, -0.15) is 0 Å². The Balaban J connectivity index is 2.02. The smallest absolute Gasteiger partial charge is 0.0125 e. The van der Waals surface area contributed by atoms with E-state index in [0.29, 0.717) is 5.54 Å². The quantitative estimate of drug-likeness (QED) is 0.581. The first-order valence-corrected chi connectivity index (χ1v) is 5.89. The summed E-state index contributed by atoms with van der Waals surface area (Å²) < 4.78 is 0. The van der Waals surface area contributed by atoms with Gasteiger partial charge in [0.2, 0.25) is 0 Å². The van der Waals surface area contributed by atoms with Crippen molar-refractivity contribution in [2.75, 3.05) is 33.2 Å². The topological polar surface area (TPSA) is 6.48 Å². The van der Waals surface area contributed by atoms with Gasteiger partial charge in [-0.1, -0.05) is 0 Å². The monoisotopic (exact) mass is 196 g/mol. The van der Waals surface area contributed by atoms with Crippen LogP contribution in [0.5, 0.6) is 0 Å². The standard InChI is InChI=1S/C12H24N2/c1-12(2,3)14-8-10-5-11(9-14)7-13(4)6-10/h10-11H,5-9H2,1-4H3/t10-,11-/m0/s1. The molecule has 0 aliphatic carbocycles. The van der Waals surface area contributed by atoms with Crippen molar-refractivity contribution >= 4 is 0 Å². The summed E-state index contributed by atoms with van der Waals surface area (Å²) in [5, 5.41) is 0. The van der Waals surface area contributed by atoms with Gasteiger partial charge in [-0.05, 0) is 46.1 Å². The van der Waals surface area contributed by atoms with Crippen LogP contribution in [0.2, 0.25) is 0 Å². The molecule has 2 fully saturated rings. The maximum Gasteiger partial charge on any atom is 0.0125 e. The Morgan fingerprint density at radius 3 is 1.86 bits per heavy atom. The van der Waals surface area contributed by atoms with Gasteiger partial charge in [-0.25, -0.2) is 0 Å². The Morgan fingerprint density at radius 1 is 0.929 bits per heavy atom. The molecule has 2 heteroatoms. The highest BCUT2D eigenvalue weighted by atomic mass is 15.2. The second-order valence-electron chi connectivity index (χ2n) is 6.26. The Labute approximate surface area is 88.3 Å². The summed E-state index contributed by atoms with van der Waals surface area (Å²) in [4.78, 5) is 5.19. The zero-order chi connectivity index (χ0) is 10.3. The van der Waals surface area contributed by atoms with Crippen molar-refractivity contribution in [1.29, 1.82) is 0 Å². The SMILES string of the molecule is CN1C[C@@H]2C[C@@H](C1)CN(C(C)(C)C)C2. The van der Waals surface area contributed by atoms with Crippen LogP contribution >= 0.6 is 0 Å². The van der Waals surface area contributed by atoms with Crippen molar-refractivity contribution in [1.82, 2.24) is 9.80 Å². The van der Waals surface area contributed by atoms with Crippen molar-refractivity contribution < 1.29 is 0 Å². The van der Waals surface area contributed by atoms with Crippen molar-refractivity contribution in [2.24, 2.45) is 11.8 Å². The highest BCUT2D eigenvalue weighted by Crippen LogP contribution is 2.31. The third-order valence-electron chi connectivity index (χ3n) is 3.71. The van der Waals surface area contributed by atoms with Crippen LogP contribution in [0.4, 0.5) is 0 Å². The lowest BCUT2D eigenvalue weighted by Gasteiger charge is -2.49. The molecule has 2 aliphatic rings. The van der Waals surface area contributed by atoms with Crippen LogP contribution in [-0.2, 0) is 0 Å². The van der Waals surface area contributed by atoms with E-state index in [1.165, 1.54) is 32.6 Å². The second kappa shape index (κ2) is 3.49. The summed E-state index contributed by atoms with van der Waals surface area (Å²) >= 11 is 0. The minimum absolute atomic E-state index is 0.368. The summed E-state index contributed by atoms with van der Waals surface area (Å²) in [6.45, 7) is 12.3. The first-order chi connectivity index (χ1) is 6.45. The maximum atomic E-state index is 2.68. The minimum Gasteiger partial charge on any atom is -0.306 e. The fourth-order valence-corrected chi connectivity index (χ4v) is 3.09. The number of hydrogen-bond acceptors (Lipinski definition) is 2. The molecule has 0 spiro atoms. The van der Waals surface area contributed by atoms with Crippen molar-refractivity contribution in [3.05, 3.63) is 0 Å². The van der Waals surface area contributed by atoms with Gasteiger partial charge < -0.3 is 4.90 Å². The van der Waals surface area contributed by atoms with E-state index >= 15 is 0 Å². The number of fused-ring (bicyclic) bond motifs is 2. The first kappa shape index (κ1) is 10.4. The molecular formula is C12H24N2. The molecule has 0 saturated carbocycles. The largest absolute Gasteiger partial charge is 0.306 e. The van der Waals surface area contributed by atoms with Crippen molar-refractivity contribution in [3.63, 3.8) is 0 Å². The van der Waals surface area contributed by atoms with Crippen LogP contribution in [0.3, 0.4) is 0 Å². The molecule has 14 heavy (non-hydrogen) atoms. The summed E-state index contributed by atoms with van der Waals surface area (Å²) in [7, 11) is 2.27. The lowest BCUT2D eigenvalue weighted by Crippen LogP contribution is -2.56. The number of hydrogen-bond donors (Lipinski definition) is 0. The van der Waals surface area contributed by atoms with Crippen LogP contribution in [0, 0.1) is 11.8 Å². The molecule has 2 bridgehead atoms. The average Bonchev–Trinajstić information content (AvgIpc) is 1.99. The Bertz CT molecular complexity index is 189. The highest BCUT2D eigenvalue weighted by Gasteiger charge is 2.36. The van der Waals surface area contributed by atoms with E-state index in [2.05, 4.69) is 37.6 Å². The number of nitrogens with zero attached hydrogens (tertiary/aromatic N) is 2. The van der Waals surface area contributed by atoms with Gasteiger partial charge in [-0.3, -0.25) is 4.90 Å². The van der Waals surface area contributed by atoms with Crippen molar-refractivity contribution in [2.45, 2.75) is 32.7 Å². The van der Waals surface area contributed by atoms with Gasteiger partial charge in [0, 0.05) is 31.7 Å². The van der Waals surface area contributed by atoms with Gasteiger partial charge in [0.1, 0.15) is 0 Å².